The van der Waals surface area contributed by atoms with Crippen LogP contribution in [0.4, 0.5) is 5.82 Å². The molecule has 0 fully saturated rings. The van der Waals surface area contributed by atoms with Gasteiger partial charge in [-0.25, -0.2) is 14.6 Å². The first kappa shape index (κ1) is 15.7. The molecule has 4 rings (SSSR count). The van der Waals surface area contributed by atoms with Crippen LogP contribution in [0.5, 0.6) is 0 Å². The number of furan rings is 1. The van der Waals surface area contributed by atoms with Crippen molar-refractivity contribution in [3.05, 3.63) is 65.5 Å². The summed E-state index contributed by atoms with van der Waals surface area (Å²) in [5.74, 6) is 2.38. The van der Waals surface area contributed by atoms with Crippen molar-refractivity contribution in [1.82, 2.24) is 19.7 Å². The maximum absolute atomic E-state index is 6.10. The van der Waals surface area contributed by atoms with Gasteiger partial charge in [0, 0.05) is 18.0 Å². The molecule has 1 N–H and O–H groups in total. The Balaban J connectivity index is 1.66. The van der Waals surface area contributed by atoms with E-state index in [4.69, 9.17) is 16.0 Å². The molecular weight excluding hydrogens is 338 g/mol. The zero-order chi connectivity index (χ0) is 17.2. The molecule has 0 atom stereocenters. The molecule has 0 saturated carbocycles. The fourth-order valence-corrected chi connectivity index (χ4v) is 2.89. The highest BCUT2D eigenvalue weighted by atomic mass is 35.5. The van der Waals surface area contributed by atoms with Crippen molar-refractivity contribution in [1.29, 1.82) is 0 Å². The van der Waals surface area contributed by atoms with Gasteiger partial charge in [0.05, 0.1) is 23.5 Å². The van der Waals surface area contributed by atoms with E-state index in [0.29, 0.717) is 17.4 Å². The number of fused-ring (bicyclic) bond motifs is 1. The molecule has 0 saturated heterocycles. The summed E-state index contributed by atoms with van der Waals surface area (Å²) in [4.78, 5) is 9.06. The number of nitrogens with zero attached hydrogens (tertiary/aromatic N) is 4. The Morgan fingerprint density at radius 1 is 1.20 bits per heavy atom. The fraction of sp³-hybridized carbons (Fsp3) is 0.167. The van der Waals surface area contributed by atoms with Crippen molar-refractivity contribution < 1.29 is 4.42 Å². The molecule has 0 radical (unpaired) electrons. The lowest BCUT2D eigenvalue weighted by Gasteiger charge is -2.08. The lowest BCUT2D eigenvalue weighted by Crippen LogP contribution is -2.08. The molecule has 0 spiro atoms. The van der Waals surface area contributed by atoms with Crippen molar-refractivity contribution in [2.45, 2.75) is 13.3 Å². The van der Waals surface area contributed by atoms with Gasteiger partial charge in [-0.2, -0.15) is 5.10 Å². The Labute approximate surface area is 149 Å². The maximum Gasteiger partial charge on any atom is 0.168 e. The van der Waals surface area contributed by atoms with Crippen LogP contribution in [0.2, 0.25) is 5.02 Å². The predicted octanol–water partition coefficient (Wildman–Crippen LogP) is 4.02. The highest BCUT2D eigenvalue weighted by Crippen LogP contribution is 2.24. The van der Waals surface area contributed by atoms with Crippen LogP contribution in [0, 0.1) is 6.92 Å². The summed E-state index contributed by atoms with van der Waals surface area (Å²) in [5.41, 5.74) is 1.61. The Morgan fingerprint density at radius 3 is 2.92 bits per heavy atom. The van der Waals surface area contributed by atoms with Gasteiger partial charge in [-0.1, -0.05) is 17.7 Å². The van der Waals surface area contributed by atoms with E-state index in [1.807, 2.05) is 43.3 Å². The van der Waals surface area contributed by atoms with Gasteiger partial charge in [0.2, 0.25) is 0 Å². The first-order valence-electron chi connectivity index (χ1n) is 7.95. The Morgan fingerprint density at radius 2 is 2.12 bits per heavy atom. The average molecular weight is 354 g/mol. The quantitative estimate of drug-likeness (QED) is 0.586. The highest BCUT2D eigenvalue weighted by molar-refractivity contribution is 6.30. The molecule has 25 heavy (non-hydrogen) atoms. The molecule has 4 aromatic rings. The molecule has 0 unspecified atom stereocenters. The molecule has 0 amide bonds. The number of nitrogens with one attached hydrogen (secondary N) is 1. The summed E-state index contributed by atoms with van der Waals surface area (Å²) < 4.78 is 7.13. The van der Waals surface area contributed by atoms with Gasteiger partial charge in [-0.15, -0.1) is 0 Å². The van der Waals surface area contributed by atoms with E-state index in [0.717, 1.165) is 34.7 Å². The number of benzene rings is 1. The minimum Gasteiger partial charge on any atom is -0.469 e. The van der Waals surface area contributed by atoms with E-state index in [9.17, 15) is 0 Å². The van der Waals surface area contributed by atoms with Crippen molar-refractivity contribution in [3.8, 4) is 5.69 Å². The summed E-state index contributed by atoms with van der Waals surface area (Å²) in [7, 11) is 0. The van der Waals surface area contributed by atoms with Crippen LogP contribution in [0.15, 0.2) is 53.3 Å². The van der Waals surface area contributed by atoms with Gasteiger partial charge >= 0.3 is 0 Å². The van der Waals surface area contributed by atoms with Crippen LogP contribution >= 0.6 is 11.6 Å². The summed E-state index contributed by atoms with van der Waals surface area (Å²) in [5, 5.41) is 9.34. The SMILES string of the molecule is Cc1nc(NCCc2ccco2)c2cnn(-c3cccc(Cl)c3)c2n1. The van der Waals surface area contributed by atoms with E-state index < -0.39 is 0 Å². The molecule has 0 aliphatic rings. The standard InChI is InChI=1S/C18H16ClN5O/c1-12-22-17(20-8-7-15-6-3-9-25-15)16-11-21-24(18(16)23-12)14-5-2-4-13(19)10-14/h2-6,9-11H,7-8H2,1H3,(H,20,22,23). The van der Waals surface area contributed by atoms with Crippen LogP contribution in [-0.2, 0) is 6.42 Å². The largest absolute Gasteiger partial charge is 0.469 e. The Hall–Kier alpha value is -2.86. The third-order valence-corrected chi connectivity index (χ3v) is 4.07. The average Bonchev–Trinajstić information content (AvgIpc) is 3.24. The third kappa shape index (κ3) is 3.21. The second-order valence-electron chi connectivity index (χ2n) is 5.65. The monoisotopic (exact) mass is 353 g/mol. The normalized spacial score (nSPS) is 11.1. The summed E-state index contributed by atoms with van der Waals surface area (Å²) in [6.45, 7) is 2.58. The topological polar surface area (TPSA) is 68.8 Å². The maximum atomic E-state index is 6.10. The number of halogens is 1. The fourth-order valence-electron chi connectivity index (χ4n) is 2.71. The van der Waals surface area contributed by atoms with Gasteiger partial charge in [-0.3, -0.25) is 0 Å². The molecule has 3 aromatic heterocycles. The first-order chi connectivity index (χ1) is 12.2. The zero-order valence-corrected chi connectivity index (χ0v) is 14.4. The molecule has 0 aliphatic heterocycles. The van der Waals surface area contributed by atoms with Crippen LogP contribution < -0.4 is 5.32 Å². The lowest BCUT2D eigenvalue weighted by atomic mass is 10.3. The van der Waals surface area contributed by atoms with E-state index in [2.05, 4.69) is 20.4 Å². The molecule has 0 aliphatic carbocycles. The summed E-state index contributed by atoms with van der Waals surface area (Å²) in [6, 6.07) is 11.4. The van der Waals surface area contributed by atoms with Crippen molar-refractivity contribution in [3.63, 3.8) is 0 Å². The van der Waals surface area contributed by atoms with E-state index in [1.165, 1.54) is 0 Å². The first-order valence-corrected chi connectivity index (χ1v) is 8.33. The molecule has 1 aromatic carbocycles. The van der Waals surface area contributed by atoms with E-state index in [-0.39, 0.29) is 0 Å². The second-order valence-corrected chi connectivity index (χ2v) is 6.09. The number of aryl methyl sites for hydroxylation is 1. The minimum absolute atomic E-state index is 0.656. The predicted molar refractivity (Wildman–Crippen MR) is 97.3 cm³/mol. The number of rotatable bonds is 5. The summed E-state index contributed by atoms with van der Waals surface area (Å²) >= 11 is 6.10. The van der Waals surface area contributed by atoms with E-state index in [1.54, 1.807) is 17.1 Å². The highest BCUT2D eigenvalue weighted by Gasteiger charge is 2.13. The van der Waals surface area contributed by atoms with Crippen LogP contribution in [0.25, 0.3) is 16.7 Å². The van der Waals surface area contributed by atoms with Crippen molar-refractivity contribution in [2.75, 3.05) is 11.9 Å². The number of hydrogen-bond donors (Lipinski definition) is 1. The molecule has 0 bridgehead atoms. The number of aromatic nitrogens is 4. The number of hydrogen-bond acceptors (Lipinski definition) is 5. The lowest BCUT2D eigenvalue weighted by molar-refractivity contribution is 0.513. The Bertz CT molecular complexity index is 1010. The van der Waals surface area contributed by atoms with E-state index >= 15 is 0 Å². The molecule has 126 valence electrons. The van der Waals surface area contributed by atoms with Crippen molar-refractivity contribution >= 4 is 28.5 Å². The molecule has 3 heterocycles. The van der Waals surface area contributed by atoms with Gasteiger partial charge in [0.25, 0.3) is 0 Å². The number of anilines is 1. The Kier molecular flexibility index (Phi) is 4.11. The van der Waals surface area contributed by atoms with Gasteiger partial charge in [-0.05, 0) is 37.3 Å². The molecule has 6 nitrogen and oxygen atoms in total. The van der Waals surface area contributed by atoms with Crippen LogP contribution in [-0.4, -0.2) is 26.3 Å². The van der Waals surface area contributed by atoms with Crippen LogP contribution in [0.3, 0.4) is 0 Å². The summed E-state index contributed by atoms with van der Waals surface area (Å²) in [6.07, 6.45) is 4.22. The van der Waals surface area contributed by atoms with Crippen molar-refractivity contribution in [2.24, 2.45) is 0 Å². The van der Waals surface area contributed by atoms with Gasteiger partial charge in [0.1, 0.15) is 17.4 Å². The third-order valence-electron chi connectivity index (χ3n) is 3.84. The van der Waals surface area contributed by atoms with Gasteiger partial charge < -0.3 is 9.73 Å². The molecular formula is C18H16ClN5O. The van der Waals surface area contributed by atoms with Gasteiger partial charge in [0.15, 0.2) is 5.65 Å². The molecule has 7 heteroatoms. The minimum atomic E-state index is 0.656. The second kappa shape index (κ2) is 6.57. The van der Waals surface area contributed by atoms with Crippen LogP contribution in [0.1, 0.15) is 11.6 Å². The zero-order valence-electron chi connectivity index (χ0n) is 13.6. The smallest absolute Gasteiger partial charge is 0.168 e.